The molecule has 2 heterocycles. The zero-order chi connectivity index (χ0) is 14.8. The van der Waals surface area contributed by atoms with Gasteiger partial charge in [-0.15, -0.1) is 10.2 Å². The zero-order valence-corrected chi connectivity index (χ0v) is 12.1. The molecule has 10 heteroatoms. The van der Waals surface area contributed by atoms with Crippen LogP contribution in [0.3, 0.4) is 0 Å². The first-order valence-corrected chi connectivity index (χ1v) is 7.28. The van der Waals surface area contributed by atoms with E-state index < -0.39 is 16.1 Å². The molecule has 0 aliphatic carbocycles. The highest BCUT2D eigenvalue weighted by Gasteiger charge is 2.21. The Kier molecular flexibility index (Phi) is 3.95. The number of hydrogen-bond acceptors (Lipinski definition) is 7. The average molecular weight is 297 g/mol. The molecule has 0 saturated heterocycles. The maximum atomic E-state index is 12.2. The van der Waals surface area contributed by atoms with E-state index in [4.69, 9.17) is 0 Å². The molecule has 0 aliphatic heterocycles. The van der Waals surface area contributed by atoms with E-state index in [-0.39, 0.29) is 4.90 Å². The van der Waals surface area contributed by atoms with Crippen molar-refractivity contribution in [3.63, 3.8) is 0 Å². The lowest BCUT2D eigenvalue weighted by Crippen LogP contribution is -2.28. The topological polar surface area (TPSA) is 115 Å². The van der Waals surface area contributed by atoms with Gasteiger partial charge in [-0.2, -0.15) is 0 Å². The minimum absolute atomic E-state index is 0.00878. The summed E-state index contributed by atoms with van der Waals surface area (Å²) in [5, 5.41) is 10.3. The maximum Gasteiger partial charge on any atom is 0.244 e. The van der Waals surface area contributed by atoms with Gasteiger partial charge in [-0.05, 0) is 6.92 Å². The molecule has 2 aromatic heterocycles. The third-order valence-electron chi connectivity index (χ3n) is 2.63. The summed E-state index contributed by atoms with van der Waals surface area (Å²) < 4.78 is 28.5. The van der Waals surface area contributed by atoms with Gasteiger partial charge in [-0.1, -0.05) is 0 Å². The second-order valence-corrected chi connectivity index (χ2v) is 5.85. The van der Waals surface area contributed by atoms with Crippen molar-refractivity contribution < 1.29 is 8.42 Å². The van der Waals surface area contributed by atoms with E-state index in [2.05, 4.69) is 30.2 Å². The molecular formula is C10H15N7O2S. The first-order valence-electron chi connectivity index (χ1n) is 5.80. The summed E-state index contributed by atoms with van der Waals surface area (Å²) in [7, 11) is -0.319. The highest BCUT2D eigenvalue weighted by atomic mass is 32.2. The fraction of sp³-hybridized carbons (Fsp3) is 0.400. The van der Waals surface area contributed by atoms with Crippen LogP contribution in [0.4, 0.5) is 5.95 Å². The minimum atomic E-state index is -3.71. The largest absolute Gasteiger partial charge is 0.357 e. The smallest absolute Gasteiger partial charge is 0.244 e. The number of aromatic nitrogens is 5. The van der Waals surface area contributed by atoms with E-state index in [1.54, 1.807) is 25.6 Å². The lowest BCUT2D eigenvalue weighted by molar-refractivity contribution is 0.552. The van der Waals surface area contributed by atoms with E-state index in [0.29, 0.717) is 11.8 Å². The number of anilines is 1. The Hall–Kier alpha value is -2.07. The van der Waals surface area contributed by atoms with Gasteiger partial charge in [-0.3, -0.25) is 0 Å². The number of nitrogens with one attached hydrogen (secondary N) is 2. The van der Waals surface area contributed by atoms with Gasteiger partial charge >= 0.3 is 0 Å². The molecule has 0 bridgehead atoms. The van der Waals surface area contributed by atoms with Crippen molar-refractivity contribution in [2.45, 2.75) is 17.9 Å². The van der Waals surface area contributed by atoms with Crippen molar-refractivity contribution in [1.29, 1.82) is 0 Å². The molecule has 2 rings (SSSR count). The van der Waals surface area contributed by atoms with Gasteiger partial charge in [0.1, 0.15) is 17.0 Å². The predicted octanol–water partition coefficient (Wildman–Crippen LogP) is -0.314. The summed E-state index contributed by atoms with van der Waals surface area (Å²) in [6.07, 6.45) is 3.99. The minimum Gasteiger partial charge on any atom is -0.357 e. The quantitative estimate of drug-likeness (QED) is 0.777. The molecule has 0 saturated carbocycles. The number of rotatable bonds is 5. The van der Waals surface area contributed by atoms with Crippen molar-refractivity contribution in [2.75, 3.05) is 12.4 Å². The molecule has 0 amide bonds. The van der Waals surface area contributed by atoms with Crippen LogP contribution in [-0.4, -0.2) is 40.2 Å². The van der Waals surface area contributed by atoms with Gasteiger partial charge in [0.2, 0.25) is 16.0 Å². The summed E-state index contributed by atoms with van der Waals surface area (Å²) in [4.78, 5) is 7.74. The Morgan fingerprint density at radius 3 is 2.45 bits per heavy atom. The third kappa shape index (κ3) is 2.91. The molecule has 20 heavy (non-hydrogen) atoms. The van der Waals surface area contributed by atoms with Crippen molar-refractivity contribution in [3.8, 4) is 0 Å². The van der Waals surface area contributed by atoms with Gasteiger partial charge in [0.15, 0.2) is 0 Å². The van der Waals surface area contributed by atoms with E-state index in [1.165, 1.54) is 18.7 Å². The fourth-order valence-electron chi connectivity index (χ4n) is 1.62. The lowest BCUT2D eigenvalue weighted by Gasteiger charge is -2.13. The summed E-state index contributed by atoms with van der Waals surface area (Å²) in [5.74, 6) is 0.867. The van der Waals surface area contributed by atoms with Crippen LogP contribution in [0.15, 0.2) is 23.6 Å². The Labute approximate surface area is 116 Å². The molecule has 1 unspecified atom stereocenters. The monoisotopic (exact) mass is 297 g/mol. The van der Waals surface area contributed by atoms with Crippen LogP contribution in [0.25, 0.3) is 0 Å². The highest BCUT2D eigenvalue weighted by molar-refractivity contribution is 7.89. The van der Waals surface area contributed by atoms with E-state index in [9.17, 15) is 8.42 Å². The molecule has 108 valence electrons. The zero-order valence-electron chi connectivity index (χ0n) is 11.3. The van der Waals surface area contributed by atoms with Crippen LogP contribution in [0.5, 0.6) is 0 Å². The second-order valence-electron chi connectivity index (χ2n) is 4.14. The Morgan fingerprint density at radius 2 is 1.95 bits per heavy atom. The Morgan fingerprint density at radius 1 is 1.30 bits per heavy atom. The van der Waals surface area contributed by atoms with E-state index in [0.717, 1.165) is 0 Å². The average Bonchev–Trinajstić information content (AvgIpc) is 2.84. The van der Waals surface area contributed by atoms with Gasteiger partial charge in [0.05, 0.1) is 18.4 Å². The molecule has 0 fully saturated rings. The number of hydrogen-bond donors (Lipinski definition) is 2. The van der Waals surface area contributed by atoms with Crippen LogP contribution < -0.4 is 10.0 Å². The molecule has 0 radical (unpaired) electrons. The molecule has 9 nitrogen and oxygen atoms in total. The van der Waals surface area contributed by atoms with Crippen molar-refractivity contribution in [2.24, 2.45) is 7.05 Å². The van der Waals surface area contributed by atoms with Crippen LogP contribution in [0.2, 0.25) is 0 Å². The summed E-state index contributed by atoms with van der Waals surface area (Å²) in [6.45, 7) is 1.68. The summed E-state index contributed by atoms with van der Waals surface area (Å²) in [6, 6.07) is -0.517. The van der Waals surface area contributed by atoms with Gasteiger partial charge in [0.25, 0.3) is 0 Å². The SMILES string of the molecule is CNc1ncc(S(=O)(=O)NC(C)c2nncn2C)cn1. The van der Waals surface area contributed by atoms with E-state index >= 15 is 0 Å². The van der Waals surface area contributed by atoms with E-state index in [1.807, 2.05) is 0 Å². The molecule has 0 aromatic carbocycles. The first-order chi connectivity index (χ1) is 9.44. The second kappa shape index (κ2) is 5.51. The van der Waals surface area contributed by atoms with Crippen LogP contribution >= 0.6 is 0 Å². The van der Waals surface area contributed by atoms with Gasteiger partial charge < -0.3 is 9.88 Å². The standard InChI is InChI=1S/C10H15N7O2S/c1-7(9-15-14-6-17(9)3)16-20(18,19)8-4-12-10(11-2)13-5-8/h4-7,16H,1-3H3,(H,11,12,13). The van der Waals surface area contributed by atoms with Crippen molar-refractivity contribution in [3.05, 3.63) is 24.5 Å². The van der Waals surface area contributed by atoms with Crippen LogP contribution in [0, 0.1) is 0 Å². The molecule has 2 N–H and O–H groups in total. The number of nitrogens with zero attached hydrogens (tertiary/aromatic N) is 5. The molecule has 0 spiro atoms. The third-order valence-corrected chi connectivity index (χ3v) is 4.12. The van der Waals surface area contributed by atoms with Crippen molar-refractivity contribution >= 4 is 16.0 Å². The molecule has 1 atom stereocenters. The van der Waals surface area contributed by atoms with Crippen LogP contribution in [0.1, 0.15) is 18.8 Å². The molecular weight excluding hydrogens is 282 g/mol. The summed E-state index contributed by atoms with van der Waals surface area (Å²) >= 11 is 0. The maximum absolute atomic E-state index is 12.2. The number of sulfonamides is 1. The Balaban J connectivity index is 2.20. The number of aryl methyl sites for hydroxylation is 1. The molecule has 2 aromatic rings. The van der Waals surface area contributed by atoms with Crippen LogP contribution in [-0.2, 0) is 17.1 Å². The predicted molar refractivity (Wildman–Crippen MR) is 71.3 cm³/mol. The Bertz CT molecular complexity index is 680. The lowest BCUT2D eigenvalue weighted by atomic mass is 10.3. The molecule has 0 aliphatic rings. The first kappa shape index (κ1) is 14.3. The van der Waals surface area contributed by atoms with Gasteiger partial charge in [0, 0.05) is 14.1 Å². The van der Waals surface area contributed by atoms with Gasteiger partial charge in [-0.25, -0.2) is 23.1 Å². The normalized spacial score (nSPS) is 13.2. The summed E-state index contributed by atoms with van der Waals surface area (Å²) in [5.41, 5.74) is 0. The van der Waals surface area contributed by atoms with Crippen molar-refractivity contribution in [1.82, 2.24) is 29.5 Å². The highest BCUT2D eigenvalue weighted by Crippen LogP contribution is 2.14. The fourth-order valence-corrected chi connectivity index (χ4v) is 2.71.